The first kappa shape index (κ1) is 13.6. The van der Waals surface area contributed by atoms with E-state index in [2.05, 4.69) is 34.2 Å². The van der Waals surface area contributed by atoms with Crippen molar-refractivity contribution in [2.75, 3.05) is 5.32 Å². The minimum atomic E-state index is -0.166. The summed E-state index contributed by atoms with van der Waals surface area (Å²) in [6.07, 6.45) is 3.69. The fourth-order valence-corrected chi connectivity index (χ4v) is 2.11. The van der Waals surface area contributed by atoms with E-state index in [-0.39, 0.29) is 17.5 Å². The Morgan fingerprint density at radius 3 is 2.79 bits per heavy atom. The van der Waals surface area contributed by atoms with Gasteiger partial charge in [-0.3, -0.25) is 9.78 Å². The van der Waals surface area contributed by atoms with Gasteiger partial charge in [0.1, 0.15) is 5.82 Å². The molecule has 0 amide bonds. The van der Waals surface area contributed by atoms with Crippen LogP contribution in [-0.4, -0.2) is 25.6 Å². The van der Waals surface area contributed by atoms with Crippen molar-refractivity contribution in [3.05, 3.63) is 22.4 Å². The number of imidazole rings is 1. The number of nitrogens with zero attached hydrogens (tertiary/aromatic N) is 3. The lowest BCUT2D eigenvalue weighted by Crippen LogP contribution is -2.22. The maximum Gasteiger partial charge on any atom is 0.278 e. The monoisotopic (exact) mass is 263 g/mol. The Hall–Kier alpha value is -1.85. The lowest BCUT2D eigenvalue weighted by Gasteiger charge is -2.13. The van der Waals surface area contributed by atoms with Gasteiger partial charge < -0.3 is 5.32 Å². The molecule has 0 fully saturated rings. The van der Waals surface area contributed by atoms with Crippen LogP contribution in [0.1, 0.15) is 52.3 Å². The molecule has 2 aromatic heterocycles. The van der Waals surface area contributed by atoms with E-state index in [0.717, 1.165) is 18.7 Å². The van der Waals surface area contributed by atoms with Crippen molar-refractivity contribution in [1.29, 1.82) is 0 Å². The predicted molar refractivity (Wildman–Crippen MR) is 75.7 cm³/mol. The molecule has 104 valence electrons. The van der Waals surface area contributed by atoms with Crippen molar-refractivity contribution in [2.45, 2.75) is 52.5 Å². The van der Waals surface area contributed by atoms with Crippen LogP contribution in [0.2, 0.25) is 0 Å². The minimum absolute atomic E-state index is 0.166. The summed E-state index contributed by atoms with van der Waals surface area (Å²) in [7, 11) is 0. The first-order valence-corrected chi connectivity index (χ1v) is 6.77. The molecule has 6 nitrogen and oxygen atoms in total. The Bertz CT molecular complexity index is 613. The van der Waals surface area contributed by atoms with E-state index in [1.165, 1.54) is 0 Å². The Morgan fingerprint density at radius 1 is 1.42 bits per heavy atom. The molecule has 0 saturated heterocycles. The van der Waals surface area contributed by atoms with Crippen LogP contribution in [0.3, 0.4) is 0 Å². The molecule has 0 aliphatic carbocycles. The van der Waals surface area contributed by atoms with E-state index >= 15 is 0 Å². The normalized spacial score (nSPS) is 13.1. The number of fused-ring (bicyclic) bond motifs is 1. The Labute approximate surface area is 112 Å². The highest BCUT2D eigenvalue weighted by atomic mass is 16.1. The molecule has 0 aliphatic heterocycles. The van der Waals surface area contributed by atoms with Gasteiger partial charge in [0.15, 0.2) is 5.52 Å². The largest absolute Gasteiger partial charge is 0.352 e. The van der Waals surface area contributed by atoms with Crippen molar-refractivity contribution in [2.24, 2.45) is 0 Å². The smallest absolute Gasteiger partial charge is 0.278 e. The van der Waals surface area contributed by atoms with Gasteiger partial charge >= 0.3 is 0 Å². The molecular formula is C13H21N5O. The van der Waals surface area contributed by atoms with Crippen molar-refractivity contribution >= 4 is 11.5 Å². The number of nitrogens with one attached hydrogen (secondary N) is 2. The van der Waals surface area contributed by atoms with Crippen molar-refractivity contribution in [3.63, 3.8) is 0 Å². The summed E-state index contributed by atoms with van der Waals surface area (Å²) < 4.78 is 1.63. The molecule has 19 heavy (non-hydrogen) atoms. The van der Waals surface area contributed by atoms with Crippen molar-refractivity contribution < 1.29 is 0 Å². The third-order valence-corrected chi connectivity index (χ3v) is 3.05. The molecule has 1 unspecified atom stereocenters. The van der Waals surface area contributed by atoms with Crippen LogP contribution in [0.4, 0.5) is 5.95 Å². The molecule has 0 spiro atoms. The minimum Gasteiger partial charge on any atom is -0.352 e. The van der Waals surface area contributed by atoms with Gasteiger partial charge in [0, 0.05) is 12.0 Å². The fourth-order valence-electron chi connectivity index (χ4n) is 2.11. The van der Waals surface area contributed by atoms with Gasteiger partial charge in [0.05, 0.1) is 6.20 Å². The van der Waals surface area contributed by atoms with E-state index in [1.54, 1.807) is 10.7 Å². The van der Waals surface area contributed by atoms with Crippen molar-refractivity contribution in [1.82, 2.24) is 19.6 Å². The van der Waals surface area contributed by atoms with E-state index in [0.29, 0.717) is 11.5 Å². The second kappa shape index (κ2) is 5.42. The predicted octanol–water partition coefficient (Wildman–Crippen LogP) is 2.14. The maximum atomic E-state index is 12.0. The first-order valence-electron chi connectivity index (χ1n) is 6.77. The molecule has 2 N–H and O–H groups in total. The topological polar surface area (TPSA) is 75.1 Å². The van der Waals surface area contributed by atoms with E-state index in [1.807, 2.05) is 13.8 Å². The molecule has 2 rings (SSSR count). The van der Waals surface area contributed by atoms with Crippen LogP contribution in [0, 0.1) is 0 Å². The number of hydrogen-bond donors (Lipinski definition) is 2. The number of aromatic nitrogens is 4. The van der Waals surface area contributed by atoms with Crippen LogP contribution in [0.15, 0.2) is 11.0 Å². The highest BCUT2D eigenvalue weighted by Gasteiger charge is 2.13. The molecule has 2 aromatic rings. The summed E-state index contributed by atoms with van der Waals surface area (Å²) in [5.41, 5.74) is 0.318. The Kier molecular flexibility index (Phi) is 3.87. The lowest BCUT2D eigenvalue weighted by molar-refractivity contribution is 0.670. The maximum absolute atomic E-state index is 12.0. The van der Waals surface area contributed by atoms with Gasteiger partial charge in [-0.05, 0) is 13.3 Å². The molecule has 6 heteroatoms. The van der Waals surface area contributed by atoms with Gasteiger partial charge in [-0.15, -0.1) is 5.10 Å². The third-order valence-electron chi connectivity index (χ3n) is 3.05. The molecule has 0 saturated carbocycles. The summed E-state index contributed by atoms with van der Waals surface area (Å²) in [5.74, 6) is 1.52. The SMILES string of the molecule is CCCC(C)Nc1nn2c(C(C)C)ncc2c(=O)[nH]1. The molecular weight excluding hydrogens is 242 g/mol. The lowest BCUT2D eigenvalue weighted by atomic mass is 10.2. The summed E-state index contributed by atoms with van der Waals surface area (Å²) in [6.45, 7) is 8.27. The van der Waals surface area contributed by atoms with E-state index < -0.39 is 0 Å². The molecule has 2 heterocycles. The molecule has 0 radical (unpaired) electrons. The summed E-state index contributed by atoms with van der Waals surface area (Å²) in [6, 6.07) is 0.275. The van der Waals surface area contributed by atoms with Crippen LogP contribution < -0.4 is 10.9 Å². The fraction of sp³-hybridized carbons (Fsp3) is 0.615. The van der Waals surface area contributed by atoms with Crippen molar-refractivity contribution in [3.8, 4) is 0 Å². The third kappa shape index (κ3) is 2.77. The number of hydrogen-bond acceptors (Lipinski definition) is 4. The summed E-state index contributed by atoms with van der Waals surface area (Å²) >= 11 is 0. The van der Waals surface area contributed by atoms with Crippen LogP contribution in [-0.2, 0) is 0 Å². The Balaban J connectivity index is 2.41. The quantitative estimate of drug-likeness (QED) is 0.866. The zero-order valence-corrected chi connectivity index (χ0v) is 11.9. The van der Waals surface area contributed by atoms with E-state index in [4.69, 9.17) is 0 Å². The highest BCUT2D eigenvalue weighted by molar-refractivity contribution is 5.44. The zero-order valence-electron chi connectivity index (χ0n) is 11.9. The zero-order chi connectivity index (χ0) is 14.0. The first-order chi connectivity index (χ1) is 9.02. The molecule has 0 bridgehead atoms. The summed E-state index contributed by atoms with van der Waals surface area (Å²) in [5, 5.41) is 7.64. The second-order valence-electron chi connectivity index (χ2n) is 5.20. The summed E-state index contributed by atoms with van der Waals surface area (Å²) in [4.78, 5) is 19.0. The molecule has 1 atom stereocenters. The standard InChI is InChI=1S/C13H21N5O/c1-5-6-9(4)15-13-16-12(19)10-7-14-11(8(2)3)18(10)17-13/h7-9H,5-6H2,1-4H3,(H2,15,16,17,19). The van der Waals surface area contributed by atoms with Gasteiger partial charge in [0.25, 0.3) is 5.56 Å². The van der Waals surface area contributed by atoms with Crippen LogP contribution in [0.25, 0.3) is 5.52 Å². The van der Waals surface area contributed by atoms with Crippen LogP contribution in [0.5, 0.6) is 0 Å². The number of anilines is 1. The van der Waals surface area contributed by atoms with Gasteiger partial charge in [-0.1, -0.05) is 27.2 Å². The Morgan fingerprint density at radius 2 is 2.16 bits per heavy atom. The number of aromatic amines is 1. The highest BCUT2D eigenvalue weighted by Crippen LogP contribution is 2.13. The average Bonchev–Trinajstić information content (AvgIpc) is 2.73. The molecule has 0 aliphatic rings. The number of rotatable bonds is 5. The number of H-pyrrole nitrogens is 1. The van der Waals surface area contributed by atoms with Crippen LogP contribution >= 0.6 is 0 Å². The molecule has 0 aromatic carbocycles. The van der Waals surface area contributed by atoms with Gasteiger partial charge in [0.2, 0.25) is 5.95 Å². The van der Waals surface area contributed by atoms with Gasteiger partial charge in [-0.25, -0.2) is 9.50 Å². The van der Waals surface area contributed by atoms with E-state index in [9.17, 15) is 4.79 Å². The second-order valence-corrected chi connectivity index (χ2v) is 5.20. The van der Waals surface area contributed by atoms with Gasteiger partial charge in [-0.2, -0.15) is 0 Å². The average molecular weight is 263 g/mol.